The molecule has 1 aromatic heterocycles. The van der Waals surface area contributed by atoms with Gasteiger partial charge in [-0.25, -0.2) is 4.68 Å². The lowest BCUT2D eigenvalue weighted by Crippen LogP contribution is -2.38. The Labute approximate surface area is 169 Å². The van der Waals surface area contributed by atoms with Crippen LogP contribution in [0.15, 0.2) is 60.7 Å². The van der Waals surface area contributed by atoms with E-state index in [1.807, 2.05) is 70.2 Å². The topological polar surface area (TPSA) is 80.1 Å². The number of aryl methyl sites for hydroxylation is 1. The van der Waals surface area contributed by atoms with Crippen LogP contribution in [0.1, 0.15) is 33.7 Å². The number of nitrogens with zero attached hydrogens (tertiary/aromatic N) is 4. The molecule has 7 heteroatoms. The number of carbonyl (C=O) groups excluding carboxylic acids is 2. The molecule has 0 unspecified atom stereocenters. The Morgan fingerprint density at radius 1 is 0.966 bits per heavy atom. The molecule has 7 nitrogen and oxygen atoms in total. The number of hydrogen-bond acceptors (Lipinski definition) is 4. The SMILES string of the molecule is O=C(CCc1nnn2c1CN(C(=O)c1ccccc1)CC2)NCc1ccccc1. The van der Waals surface area contributed by atoms with E-state index in [4.69, 9.17) is 0 Å². The number of amides is 2. The Morgan fingerprint density at radius 2 is 1.69 bits per heavy atom. The molecule has 1 N–H and O–H groups in total. The third kappa shape index (κ3) is 4.51. The minimum atomic E-state index is -0.0244. The number of nitrogens with one attached hydrogen (secondary N) is 1. The average molecular weight is 389 g/mol. The van der Waals surface area contributed by atoms with E-state index in [9.17, 15) is 9.59 Å². The molecule has 1 aliphatic heterocycles. The Kier molecular flexibility index (Phi) is 5.65. The summed E-state index contributed by atoms with van der Waals surface area (Å²) < 4.78 is 1.84. The van der Waals surface area contributed by atoms with Crippen molar-refractivity contribution in [3.63, 3.8) is 0 Å². The first-order chi connectivity index (χ1) is 14.2. The van der Waals surface area contributed by atoms with E-state index in [2.05, 4.69) is 15.6 Å². The molecule has 0 fully saturated rings. The molecular formula is C22H23N5O2. The van der Waals surface area contributed by atoms with Crippen LogP contribution in [0.4, 0.5) is 0 Å². The van der Waals surface area contributed by atoms with Crippen molar-refractivity contribution in [2.24, 2.45) is 0 Å². The predicted molar refractivity (Wildman–Crippen MR) is 108 cm³/mol. The summed E-state index contributed by atoms with van der Waals surface area (Å²) >= 11 is 0. The number of hydrogen-bond donors (Lipinski definition) is 1. The second-order valence-corrected chi connectivity index (χ2v) is 7.06. The lowest BCUT2D eigenvalue weighted by molar-refractivity contribution is -0.121. The van der Waals surface area contributed by atoms with E-state index in [-0.39, 0.29) is 11.8 Å². The molecule has 1 aliphatic rings. The van der Waals surface area contributed by atoms with E-state index >= 15 is 0 Å². The molecule has 2 heterocycles. The first-order valence-corrected chi connectivity index (χ1v) is 9.77. The van der Waals surface area contributed by atoms with Gasteiger partial charge in [0.05, 0.1) is 24.5 Å². The van der Waals surface area contributed by atoms with Crippen LogP contribution in [0.3, 0.4) is 0 Å². The van der Waals surface area contributed by atoms with Crippen LogP contribution in [-0.2, 0) is 30.8 Å². The Hall–Kier alpha value is -3.48. The summed E-state index contributed by atoms with van der Waals surface area (Å²) in [6.07, 6.45) is 0.842. The maximum absolute atomic E-state index is 12.7. The molecule has 0 bridgehead atoms. The Morgan fingerprint density at radius 3 is 2.45 bits per heavy atom. The van der Waals surface area contributed by atoms with Gasteiger partial charge < -0.3 is 10.2 Å². The van der Waals surface area contributed by atoms with Crippen molar-refractivity contribution in [1.29, 1.82) is 0 Å². The molecule has 148 valence electrons. The van der Waals surface area contributed by atoms with Crippen molar-refractivity contribution in [3.05, 3.63) is 83.2 Å². The van der Waals surface area contributed by atoms with Crippen LogP contribution in [0.25, 0.3) is 0 Å². The van der Waals surface area contributed by atoms with Crippen LogP contribution in [0, 0.1) is 0 Å². The summed E-state index contributed by atoms with van der Waals surface area (Å²) in [7, 11) is 0. The maximum atomic E-state index is 12.7. The van der Waals surface area contributed by atoms with Crippen LogP contribution in [0.2, 0.25) is 0 Å². The molecule has 0 saturated heterocycles. The zero-order valence-electron chi connectivity index (χ0n) is 16.1. The molecule has 2 amide bonds. The largest absolute Gasteiger partial charge is 0.352 e. The highest BCUT2D eigenvalue weighted by atomic mass is 16.2. The van der Waals surface area contributed by atoms with Crippen LogP contribution in [0.5, 0.6) is 0 Å². The van der Waals surface area contributed by atoms with Gasteiger partial charge in [0.1, 0.15) is 0 Å². The third-order valence-electron chi connectivity index (χ3n) is 5.07. The summed E-state index contributed by atoms with van der Waals surface area (Å²) in [5.41, 5.74) is 3.44. The standard InChI is InChI=1S/C22H23N5O2/c28-21(23-15-17-7-3-1-4-8-17)12-11-19-20-16-26(13-14-27(20)25-24-19)22(29)18-9-5-2-6-10-18/h1-10H,11-16H2,(H,23,28). The first-order valence-electron chi connectivity index (χ1n) is 9.77. The number of fused-ring (bicyclic) bond motifs is 1. The first kappa shape index (κ1) is 18.9. The molecular weight excluding hydrogens is 366 g/mol. The molecule has 4 rings (SSSR count). The maximum Gasteiger partial charge on any atom is 0.254 e. The Balaban J connectivity index is 1.35. The number of rotatable bonds is 6. The molecule has 2 aromatic carbocycles. The molecule has 3 aromatic rings. The average Bonchev–Trinajstić information content (AvgIpc) is 3.19. The number of benzene rings is 2. The highest BCUT2D eigenvalue weighted by Gasteiger charge is 2.25. The molecule has 0 atom stereocenters. The second kappa shape index (κ2) is 8.68. The van der Waals surface area contributed by atoms with Gasteiger partial charge in [0.2, 0.25) is 5.91 Å². The minimum absolute atomic E-state index is 0.00426. The zero-order chi connectivity index (χ0) is 20.1. The molecule has 0 aliphatic carbocycles. The highest BCUT2D eigenvalue weighted by Crippen LogP contribution is 2.18. The van der Waals surface area contributed by atoms with Crippen molar-refractivity contribution >= 4 is 11.8 Å². The smallest absolute Gasteiger partial charge is 0.254 e. The van der Waals surface area contributed by atoms with Gasteiger partial charge in [0.25, 0.3) is 5.91 Å². The molecule has 0 radical (unpaired) electrons. The van der Waals surface area contributed by atoms with Crippen molar-refractivity contribution in [2.75, 3.05) is 6.54 Å². The highest BCUT2D eigenvalue weighted by molar-refractivity contribution is 5.94. The van der Waals surface area contributed by atoms with Crippen LogP contribution < -0.4 is 5.32 Å². The van der Waals surface area contributed by atoms with E-state index < -0.39 is 0 Å². The van der Waals surface area contributed by atoms with Crippen LogP contribution >= 0.6 is 0 Å². The number of carbonyl (C=O) groups is 2. The molecule has 29 heavy (non-hydrogen) atoms. The van der Waals surface area contributed by atoms with E-state index in [0.717, 1.165) is 17.0 Å². The summed E-state index contributed by atoms with van der Waals surface area (Å²) in [5, 5.41) is 11.4. The summed E-state index contributed by atoms with van der Waals surface area (Å²) in [5.74, 6) is -0.0202. The van der Waals surface area contributed by atoms with Gasteiger partial charge in [-0.3, -0.25) is 9.59 Å². The molecule has 0 spiro atoms. The monoisotopic (exact) mass is 389 g/mol. The van der Waals surface area contributed by atoms with Crippen molar-refractivity contribution in [2.45, 2.75) is 32.5 Å². The van der Waals surface area contributed by atoms with Gasteiger partial charge in [-0.2, -0.15) is 0 Å². The third-order valence-corrected chi connectivity index (χ3v) is 5.07. The van der Waals surface area contributed by atoms with Gasteiger partial charge >= 0.3 is 0 Å². The fourth-order valence-corrected chi connectivity index (χ4v) is 3.44. The minimum Gasteiger partial charge on any atom is -0.352 e. The van der Waals surface area contributed by atoms with Gasteiger partial charge in [-0.1, -0.05) is 53.7 Å². The van der Waals surface area contributed by atoms with Crippen molar-refractivity contribution in [3.8, 4) is 0 Å². The fraction of sp³-hybridized carbons (Fsp3) is 0.273. The van der Waals surface area contributed by atoms with E-state index in [1.54, 1.807) is 0 Å². The summed E-state index contributed by atoms with van der Waals surface area (Å²) in [4.78, 5) is 26.8. The van der Waals surface area contributed by atoms with Gasteiger partial charge in [0.15, 0.2) is 0 Å². The fourth-order valence-electron chi connectivity index (χ4n) is 3.44. The zero-order valence-corrected chi connectivity index (χ0v) is 16.1. The summed E-state index contributed by atoms with van der Waals surface area (Å²) in [6.45, 7) is 2.18. The van der Waals surface area contributed by atoms with Gasteiger partial charge in [-0.15, -0.1) is 5.10 Å². The molecule has 0 saturated carbocycles. The van der Waals surface area contributed by atoms with E-state index in [0.29, 0.717) is 44.6 Å². The number of aromatic nitrogens is 3. The van der Waals surface area contributed by atoms with Crippen LogP contribution in [-0.4, -0.2) is 38.3 Å². The quantitative estimate of drug-likeness (QED) is 0.701. The van der Waals surface area contributed by atoms with E-state index in [1.165, 1.54) is 0 Å². The van der Waals surface area contributed by atoms with Crippen molar-refractivity contribution in [1.82, 2.24) is 25.2 Å². The van der Waals surface area contributed by atoms with Crippen molar-refractivity contribution < 1.29 is 9.59 Å². The Bertz CT molecular complexity index is 985. The lowest BCUT2D eigenvalue weighted by Gasteiger charge is -2.27. The normalized spacial score (nSPS) is 13.0. The second-order valence-electron chi connectivity index (χ2n) is 7.06. The van der Waals surface area contributed by atoms with Gasteiger partial charge in [-0.05, 0) is 17.7 Å². The summed E-state index contributed by atoms with van der Waals surface area (Å²) in [6, 6.07) is 19.1. The lowest BCUT2D eigenvalue weighted by atomic mass is 10.1. The van der Waals surface area contributed by atoms with Gasteiger partial charge in [0, 0.05) is 31.5 Å². The predicted octanol–water partition coefficient (Wildman–Crippen LogP) is 2.18.